The topological polar surface area (TPSA) is 9.23 Å². The fourth-order valence-electron chi connectivity index (χ4n) is 2.50. The molecule has 2 aromatic rings. The van der Waals surface area contributed by atoms with E-state index in [1.807, 2.05) is 18.2 Å². The molecule has 0 radical (unpaired) electrons. The average Bonchev–Trinajstić information content (AvgIpc) is 2.54. The quantitative estimate of drug-likeness (QED) is 0.695. The van der Waals surface area contributed by atoms with Gasteiger partial charge in [-0.1, -0.05) is 60.7 Å². The van der Waals surface area contributed by atoms with E-state index in [1.165, 1.54) is 24.4 Å². The van der Waals surface area contributed by atoms with E-state index < -0.39 is 14.0 Å². The minimum atomic E-state index is -2.83. The van der Waals surface area contributed by atoms with E-state index in [9.17, 15) is 8.78 Å². The molecule has 0 aliphatic heterocycles. The molecule has 22 heavy (non-hydrogen) atoms. The van der Waals surface area contributed by atoms with Gasteiger partial charge >= 0.3 is 0 Å². The second kappa shape index (κ2) is 6.61. The third-order valence-corrected chi connectivity index (χ3v) is 7.51. The molecule has 1 nitrogen and oxygen atoms in total. The van der Waals surface area contributed by atoms with Crippen LogP contribution in [0.1, 0.15) is 12.0 Å². The van der Waals surface area contributed by atoms with Crippen LogP contribution in [0.25, 0.3) is 0 Å². The lowest BCUT2D eigenvalue weighted by atomic mass is 10.1. The fourth-order valence-corrected chi connectivity index (χ4v) is 4.82. The molecule has 0 amide bonds. The molecule has 0 aromatic heterocycles. The molecule has 0 atom stereocenters. The van der Waals surface area contributed by atoms with Crippen LogP contribution in [-0.2, 0) is 5.92 Å². The van der Waals surface area contributed by atoms with Gasteiger partial charge in [0.2, 0.25) is 0 Å². The van der Waals surface area contributed by atoms with Crippen LogP contribution < -0.4 is 9.92 Å². The summed E-state index contributed by atoms with van der Waals surface area (Å²) in [5.74, 6) is -2.36. The first-order chi connectivity index (χ1) is 10.3. The molecule has 0 saturated carbocycles. The minimum absolute atomic E-state index is 0.0321. The lowest BCUT2D eigenvalue weighted by molar-refractivity contribution is -0.00870. The van der Waals surface area contributed by atoms with Gasteiger partial charge in [0.15, 0.2) is 0 Å². The van der Waals surface area contributed by atoms with Crippen LogP contribution in [0.4, 0.5) is 8.78 Å². The Morgan fingerprint density at radius 1 is 1.00 bits per heavy atom. The Hall–Kier alpha value is -1.68. The molecule has 0 N–H and O–H groups in total. The Kier molecular flexibility index (Phi) is 5.01. The smallest absolute Gasteiger partial charge is 0.273 e. The van der Waals surface area contributed by atoms with Crippen molar-refractivity contribution in [3.8, 4) is 5.75 Å². The number of rotatable bonds is 6. The maximum atomic E-state index is 14.5. The molecule has 0 saturated heterocycles. The zero-order valence-electron chi connectivity index (χ0n) is 13.3. The van der Waals surface area contributed by atoms with Crippen LogP contribution in [0.15, 0.2) is 54.6 Å². The summed E-state index contributed by atoms with van der Waals surface area (Å²) in [4.78, 5) is 0. The zero-order chi connectivity index (χ0) is 16.2. The highest BCUT2D eigenvalue weighted by molar-refractivity contribution is 6.89. The summed E-state index contributed by atoms with van der Waals surface area (Å²) in [5.41, 5.74) is 0.0321. The highest BCUT2D eigenvalue weighted by Crippen LogP contribution is 2.36. The van der Waals surface area contributed by atoms with Gasteiger partial charge in [0.25, 0.3) is 5.92 Å². The van der Waals surface area contributed by atoms with Gasteiger partial charge in [-0.2, -0.15) is 0 Å². The lowest BCUT2D eigenvalue weighted by Gasteiger charge is -2.26. The molecule has 0 fully saturated rings. The number of alkyl halides is 2. The monoisotopic (exact) mass is 320 g/mol. The first-order valence-electron chi connectivity index (χ1n) is 7.43. The van der Waals surface area contributed by atoms with Crippen LogP contribution in [-0.4, -0.2) is 15.2 Å². The highest BCUT2D eigenvalue weighted by atomic mass is 28.3. The van der Waals surface area contributed by atoms with E-state index in [4.69, 9.17) is 4.74 Å². The van der Waals surface area contributed by atoms with Gasteiger partial charge in [0.1, 0.15) is 5.75 Å². The Morgan fingerprint density at radius 3 is 2.32 bits per heavy atom. The standard InChI is InChI=1S/C18H22F2OSi/c1-21-16-9-7-8-15(14-16)18(19,20)12-13-22(2,3)17-10-5-4-6-11-17/h4-11,14H,12-13H2,1-3H3. The van der Waals surface area contributed by atoms with E-state index in [0.29, 0.717) is 11.8 Å². The van der Waals surface area contributed by atoms with Crippen molar-refractivity contribution in [3.05, 3.63) is 60.2 Å². The number of ether oxygens (including phenoxy) is 1. The SMILES string of the molecule is COc1cccc(C(F)(F)CC[Si](C)(C)c2ccccc2)c1. The Morgan fingerprint density at radius 2 is 1.68 bits per heavy atom. The van der Waals surface area contributed by atoms with Gasteiger partial charge in [-0.3, -0.25) is 0 Å². The highest BCUT2D eigenvalue weighted by Gasteiger charge is 2.35. The fraction of sp³-hybridized carbons (Fsp3) is 0.333. The van der Waals surface area contributed by atoms with Crippen molar-refractivity contribution in [3.63, 3.8) is 0 Å². The number of hydrogen-bond acceptors (Lipinski definition) is 1. The average molecular weight is 320 g/mol. The maximum Gasteiger partial charge on any atom is 0.273 e. The van der Waals surface area contributed by atoms with Gasteiger partial charge < -0.3 is 4.74 Å². The van der Waals surface area contributed by atoms with E-state index >= 15 is 0 Å². The first-order valence-corrected chi connectivity index (χ1v) is 10.6. The van der Waals surface area contributed by atoms with Crippen molar-refractivity contribution in [2.45, 2.75) is 31.5 Å². The van der Waals surface area contributed by atoms with Crippen LogP contribution in [0.2, 0.25) is 19.1 Å². The first kappa shape index (κ1) is 16.7. The molecule has 2 aromatic carbocycles. The summed E-state index contributed by atoms with van der Waals surface area (Å²) in [6.45, 7) is 4.29. The van der Waals surface area contributed by atoms with Crippen LogP contribution in [0.3, 0.4) is 0 Å². The van der Waals surface area contributed by atoms with Gasteiger partial charge in [-0.25, -0.2) is 8.78 Å². The lowest BCUT2D eigenvalue weighted by Crippen LogP contribution is -2.41. The van der Waals surface area contributed by atoms with E-state index in [-0.39, 0.29) is 12.0 Å². The summed E-state index contributed by atoms with van der Waals surface area (Å²) < 4.78 is 34.0. The summed E-state index contributed by atoms with van der Waals surface area (Å²) >= 11 is 0. The molecule has 4 heteroatoms. The van der Waals surface area contributed by atoms with Gasteiger partial charge in [0, 0.05) is 12.0 Å². The third-order valence-electron chi connectivity index (χ3n) is 4.11. The van der Waals surface area contributed by atoms with Crippen molar-refractivity contribution < 1.29 is 13.5 Å². The number of benzene rings is 2. The summed E-state index contributed by atoms with van der Waals surface area (Å²) in [7, 11) is -0.366. The van der Waals surface area contributed by atoms with Crippen molar-refractivity contribution in [2.24, 2.45) is 0 Å². The molecular formula is C18H22F2OSi. The molecule has 0 aliphatic rings. The second-order valence-corrected chi connectivity index (χ2v) is 11.0. The van der Waals surface area contributed by atoms with Crippen molar-refractivity contribution in [2.75, 3.05) is 7.11 Å². The molecule has 0 aliphatic carbocycles. The molecule has 0 spiro atoms. The molecule has 0 heterocycles. The molecule has 0 bridgehead atoms. The second-order valence-electron chi connectivity index (χ2n) is 6.19. The van der Waals surface area contributed by atoms with Gasteiger partial charge in [-0.05, 0) is 18.2 Å². The number of hydrogen-bond donors (Lipinski definition) is 0. The molecular weight excluding hydrogens is 298 g/mol. The van der Waals surface area contributed by atoms with Crippen molar-refractivity contribution in [1.82, 2.24) is 0 Å². The maximum absolute atomic E-state index is 14.5. The zero-order valence-corrected chi connectivity index (χ0v) is 14.3. The predicted molar refractivity (Wildman–Crippen MR) is 89.9 cm³/mol. The Balaban J connectivity index is 2.11. The molecule has 0 unspecified atom stereocenters. The van der Waals surface area contributed by atoms with E-state index in [0.717, 1.165) is 0 Å². The van der Waals surface area contributed by atoms with Crippen LogP contribution in [0.5, 0.6) is 5.75 Å². The van der Waals surface area contributed by atoms with Crippen LogP contribution >= 0.6 is 0 Å². The molecule has 2 rings (SSSR count). The number of methoxy groups -OCH3 is 1. The number of halogens is 2. The van der Waals surface area contributed by atoms with Gasteiger partial charge in [-0.15, -0.1) is 0 Å². The summed E-state index contributed by atoms with van der Waals surface area (Å²) in [6.07, 6.45) is -0.131. The van der Waals surface area contributed by atoms with Gasteiger partial charge in [0.05, 0.1) is 15.2 Å². The normalized spacial score (nSPS) is 12.2. The predicted octanol–water partition coefficient (Wildman–Crippen LogP) is 4.79. The summed E-state index contributed by atoms with van der Waals surface area (Å²) in [6, 6.07) is 16.8. The van der Waals surface area contributed by atoms with Crippen LogP contribution in [0, 0.1) is 0 Å². The third kappa shape index (κ3) is 3.94. The van der Waals surface area contributed by atoms with E-state index in [2.05, 4.69) is 25.2 Å². The van der Waals surface area contributed by atoms with Crippen molar-refractivity contribution in [1.29, 1.82) is 0 Å². The van der Waals surface area contributed by atoms with E-state index in [1.54, 1.807) is 12.1 Å². The Labute approximate surface area is 132 Å². The largest absolute Gasteiger partial charge is 0.497 e. The Bertz CT molecular complexity index is 611. The summed E-state index contributed by atoms with van der Waals surface area (Å²) in [5, 5.41) is 1.22. The minimum Gasteiger partial charge on any atom is -0.497 e. The van der Waals surface area contributed by atoms with Crippen molar-refractivity contribution >= 4 is 13.3 Å². The molecule has 118 valence electrons.